The second-order valence-electron chi connectivity index (χ2n) is 7.94. The first-order valence-corrected chi connectivity index (χ1v) is 9.47. The minimum atomic E-state index is -0.690. The Hall–Kier alpha value is -2.47. The molecule has 1 fully saturated rings. The number of piperidine rings is 1. The summed E-state index contributed by atoms with van der Waals surface area (Å²) in [4.78, 5) is 33.0. The molecule has 1 aliphatic heterocycles. The molecular formula is C21H27N3O3. The van der Waals surface area contributed by atoms with Crippen LogP contribution in [0.1, 0.15) is 60.6 Å². The summed E-state index contributed by atoms with van der Waals surface area (Å²) < 4.78 is 0. The van der Waals surface area contributed by atoms with Crippen LogP contribution in [-0.2, 0) is 6.42 Å². The van der Waals surface area contributed by atoms with Crippen molar-refractivity contribution in [3.05, 3.63) is 63.8 Å². The van der Waals surface area contributed by atoms with Gasteiger partial charge in [-0.25, -0.2) is 4.98 Å². The average molecular weight is 369 g/mol. The molecule has 2 N–H and O–H groups in total. The second kappa shape index (κ2) is 8.05. The van der Waals surface area contributed by atoms with Gasteiger partial charge in [-0.1, -0.05) is 12.1 Å². The van der Waals surface area contributed by atoms with Crippen LogP contribution in [-0.4, -0.2) is 44.6 Å². The van der Waals surface area contributed by atoms with Crippen molar-refractivity contribution in [2.75, 3.05) is 13.1 Å². The maximum absolute atomic E-state index is 12.9. The summed E-state index contributed by atoms with van der Waals surface area (Å²) in [6.07, 6.45) is 4.70. The molecule has 1 aliphatic rings. The van der Waals surface area contributed by atoms with Gasteiger partial charge in [0.1, 0.15) is 0 Å². The molecule has 0 saturated carbocycles. The predicted octanol–water partition coefficient (Wildman–Crippen LogP) is 2.49. The molecule has 1 atom stereocenters. The molecule has 1 amide bonds. The molecule has 6 nitrogen and oxygen atoms in total. The Morgan fingerprint density at radius 3 is 2.74 bits per heavy atom. The number of amides is 1. The maximum Gasteiger partial charge on any atom is 0.253 e. The van der Waals surface area contributed by atoms with Crippen LogP contribution in [0, 0.1) is 0 Å². The number of hydrogen-bond donors (Lipinski definition) is 2. The lowest BCUT2D eigenvalue weighted by Gasteiger charge is -2.32. The third-order valence-electron chi connectivity index (χ3n) is 5.05. The van der Waals surface area contributed by atoms with Gasteiger partial charge in [-0.3, -0.25) is 9.59 Å². The summed E-state index contributed by atoms with van der Waals surface area (Å²) in [5.41, 5.74) is 1.67. The Labute approximate surface area is 159 Å². The molecular weight excluding hydrogens is 342 g/mol. The molecule has 6 heteroatoms. The van der Waals surface area contributed by atoms with E-state index in [1.807, 2.05) is 29.2 Å². The molecule has 144 valence electrons. The van der Waals surface area contributed by atoms with Gasteiger partial charge in [0.2, 0.25) is 0 Å². The Morgan fingerprint density at radius 1 is 1.33 bits per heavy atom. The number of benzene rings is 1. The largest absolute Gasteiger partial charge is 0.390 e. The molecule has 1 saturated heterocycles. The summed E-state index contributed by atoms with van der Waals surface area (Å²) in [6, 6.07) is 9.15. The zero-order valence-corrected chi connectivity index (χ0v) is 15.9. The Bertz CT molecular complexity index is 837. The van der Waals surface area contributed by atoms with Gasteiger partial charge in [0.05, 0.1) is 17.6 Å². The summed E-state index contributed by atoms with van der Waals surface area (Å²) in [5.74, 6) is 0.106. The number of aliphatic hydroxyl groups is 1. The standard InChI is InChI=1S/C21H27N3O3/c1-21(2,27)10-9-15-5-7-16(8-6-15)20(26)24-11-3-4-17(13-24)18-12-19(25)23-14-22-18/h5-8,12,14,17,27H,3-4,9-11,13H2,1-2H3,(H,22,23,25). The van der Waals surface area contributed by atoms with Gasteiger partial charge in [0, 0.05) is 30.6 Å². The predicted molar refractivity (Wildman–Crippen MR) is 104 cm³/mol. The second-order valence-corrected chi connectivity index (χ2v) is 7.94. The molecule has 1 aromatic heterocycles. The third-order valence-corrected chi connectivity index (χ3v) is 5.05. The lowest BCUT2D eigenvalue weighted by atomic mass is 9.94. The van der Waals surface area contributed by atoms with Crippen molar-refractivity contribution < 1.29 is 9.90 Å². The number of likely N-dealkylation sites (tertiary alicyclic amines) is 1. The quantitative estimate of drug-likeness (QED) is 0.848. The number of aromatic amines is 1. The van der Waals surface area contributed by atoms with Crippen molar-refractivity contribution in [2.24, 2.45) is 0 Å². The van der Waals surface area contributed by atoms with E-state index < -0.39 is 5.60 Å². The average Bonchev–Trinajstić information content (AvgIpc) is 2.66. The number of hydrogen-bond acceptors (Lipinski definition) is 4. The molecule has 0 spiro atoms. The van der Waals surface area contributed by atoms with Crippen LogP contribution in [0.4, 0.5) is 0 Å². The minimum absolute atomic E-state index is 0.0126. The number of carbonyl (C=O) groups is 1. The Balaban J connectivity index is 1.65. The van der Waals surface area contributed by atoms with Crippen LogP contribution in [0.3, 0.4) is 0 Å². The van der Waals surface area contributed by atoms with Crippen LogP contribution < -0.4 is 5.56 Å². The molecule has 0 bridgehead atoms. The SMILES string of the molecule is CC(C)(O)CCc1ccc(C(=O)N2CCCC(c3cc(=O)[nH]cn3)C2)cc1. The summed E-state index contributed by atoms with van der Waals surface area (Å²) in [5, 5.41) is 9.84. The van der Waals surface area contributed by atoms with Gasteiger partial charge in [-0.15, -0.1) is 0 Å². The van der Waals surface area contributed by atoms with E-state index in [4.69, 9.17) is 0 Å². The highest BCUT2D eigenvalue weighted by Gasteiger charge is 2.26. The lowest BCUT2D eigenvalue weighted by molar-refractivity contribution is 0.0699. The van der Waals surface area contributed by atoms with Crippen molar-refractivity contribution in [1.29, 1.82) is 0 Å². The minimum Gasteiger partial charge on any atom is -0.390 e. The normalized spacial score (nSPS) is 17.7. The van der Waals surface area contributed by atoms with Crippen LogP contribution in [0.2, 0.25) is 0 Å². The zero-order valence-electron chi connectivity index (χ0n) is 15.9. The van der Waals surface area contributed by atoms with E-state index >= 15 is 0 Å². The van der Waals surface area contributed by atoms with Crippen LogP contribution in [0.25, 0.3) is 0 Å². The van der Waals surface area contributed by atoms with Crippen LogP contribution in [0.5, 0.6) is 0 Å². The van der Waals surface area contributed by atoms with Gasteiger partial charge >= 0.3 is 0 Å². The zero-order chi connectivity index (χ0) is 19.4. The molecule has 2 aromatic rings. The monoisotopic (exact) mass is 369 g/mol. The summed E-state index contributed by atoms with van der Waals surface area (Å²) in [6.45, 7) is 4.90. The van der Waals surface area contributed by atoms with Crippen molar-refractivity contribution in [2.45, 2.75) is 51.0 Å². The number of aryl methyl sites for hydroxylation is 1. The number of nitrogens with zero attached hydrogens (tertiary/aromatic N) is 2. The van der Waals surface area contributed by atoms with Crippen LogP contribution >= 0.6 is 0 Å². The smallest absolute Gasteiger partial charge is 0.253 e. The van der Waals surface area contributed by atoms with Crippen molar-refractivity contribution in [1.82, 2.24) is 14.9 Å². The summed E-state index contributed by atoms with van der Waals surface area (Å²) >= 11 is 0. The van der Waals surface area contributed by atoms with Crippen LogP contribution in [0.15, 0.2) is 41.5 Å². The maximum atomic E-state index is 12.9. The van der Waals surface area contributed by atoms with E-state index in [0.29, 0.717) is 18.5 Å². The fraction of sp³-hybridized carbons (Fsp3) is 0.476. The topological polar surface area (TPSA) is 86.3 Å². The van der Waals surface area contributed by atoms with Gasteiger partial charge in [0.15, 0.2) is 0 Å². The Morgan fingerprint density at radius 2 is 2.07 bits per heavy atom. The number of nitrogens with one attached hydrogen (secondary N) is 1. The van der Waals surface area contributed by atoms with E-state index in [9.17, 15) is 14.7 Å². The first-order chi connectivity index (χ1) is 12.8. The molecule has 2 heterocycles. The number of rotatable bonds is 5. The third kappa shape index (κ3) is 5.26. The lowest BCUT2D eigenvalue weighted by Crippen LogP contribution is -2.39. The first kappa shape index (κ1) is 19.3. The summed E-state index contributed by atoms with van der Waals surface area (Å²) in [7, 11) is 0. The molecule has 3 rings (SSSR count). The molecule has 27 heavy (non-hydrogen) atoms. The van der Waals surface area contributed by atoms with Crippen molar-refractivity contribution in [3.63, 3.8) is 0 Å². The molecule has 1 unspecified atom stereocenters. The van der Waals surface area contributed by atoms with Crippen molar-refractivity contribution >= 4 is 5.91 Å². The first-order valence-electron chi connectivity index (χ1n) is 9.47. The molecule has 1 aromatic carbocycles. The number of carbonyl (C=O) groups excluding carboxylic acids is 1. The molecule has 0 aliphatic carbocycles. The number of H-pyrrole nitrogens is 1. The van der Waals surface area contributed by atoms with E-state index in [-0.39, 0.29) is 17.4 Å². The highest BCUT2D eigenvalue weighted by Crippen LogP contribution is 2.26. The number of aromatic nitrogens is 2. The molecule has 0 radical (unpaired) electrons. The Kier molecular flexibility index (Phi) is 5.75. The van der Waals surface area contributed by atoms with Gasteiger partial charge in [0.25, 0.3) is 11.5 Å². The van der Waals surface area contributed by atoms with E-state index in [1.54, 1.807) is 13.8 Å². The van der Waals surface area contributed by atoms with Gasteiger partial charge in [-0.2, -0.15) is 0 Å². The van der Waals surface area contributed by atoms with Gasteiger partial charge in [-0.05, 0) is 57.2 Å². The highest BCUT2D eigenvalue weighted by atomic mass is 16.3. The fourth-order valence-corrected chi connectivity index (χ4v) is 3.46. The van der Waals surface area contributed by atoms with Crippen molar-refractivity contribution in [3.8, 4) is 0 Å². The van der Waals surface area contributed by atoms with E-state index in [2.05, 4.69) is 9.97 Å². The van der Waals surface area contributed by atoms with E-state index in [1.165, 1.54) is 12.4 Å². The van der Waals surface area contributed by atoms with Gasteiger partial charge < -0.3 is 15.0 Å². The highest BCUT2D eigenvalue weighted by molar-refractivity contribution is 5.94. The fourth-order valence-electron chi connectivity index (χ4n) is 3.46. The van der Waals surface area contributed by atoms with E-state index in [0.717, 1.165) is 37.1 Å².